The number of anilines is 1. The molecule has 178 valence electrons. The Morgan fingerprint density at radius 3 is 2.42 bits per heavy atom. The second-order valence-corrected chi connectivity index (χ2v) is 7.27. The number of halogens is 1. The first kappa shape index (κ1) is 26.1. The Morgan fingerprint density at radius 1 is 1.15 bits per heavy atom. The first-order chi connectivity index (χ1) is 15.7. The number of phenolic OH excluding ortho intramolecular Hbond substituents is 1. The second kappa shape index (κ2) is 12.8. The van der Waals surface area contributed by atoms with Crippen LogP contribution in [-0.2, 0) is 19.0 Å². The molecule has 0 radical (unpaired) electrons. The Hall–Kier alpha value is -3.11. The maximum absolute atomic E-state index is 14.0. The van der Waals surface area contributed by atoms with Gasteiger partial charge in [-0.2, -0.15) is 12.6 Å². The van der Waals surface area contributed by atoms with E-state index >= 15 is 0 Å². The minimum absolute atomic E-state index is 0.0292. The number of nitrogens with one attached hydrogen (secondary N) is 1. The van der Waals surface area contributed by atoms with Gasteiger partial charge in [-0.05, 0) is 55.8 Å². The van der Waals surface area contributed by atoms with E-state index in [1.807, 2.05) is 0 Å². The van der Waals surface area contributed by atoms with Gasteiger partial charge in [0.05, 0.1) is 12.4 Å². The molecule has 0 saturated carbocycles. The first-order valence-electron chi connectivity index (χ1n) is 10.2. The number of amides is 1. The highest BCUT2D eigenvalue weighted by molar-refractivity contribution is 7.81. The van der Waals surface area contributed by atoms with Crippen LogP contribution < -0.4 is 5.32 Å². The van der Waals surface area contributed by atoms with Crippen LogP contribution in [0.3, 0.4) is 0 Å². The highest BCUT2D eigenvalue weighted by atomic mass is 32.1. The lowest BCUT2D eigenvalue weighted by atomic mass is 10.0. The van der Waals surface area contributed by atoms with E-state index in [-0.39, 0.29) is 36.7 Å². The third kappa shape index (κ3) is 8.07. The van der Waals surface area contributed by atoms with Gasteiger partial charge in [0.15, 0.2) is 23.5 Å². The van der Waals surface area contributed by atoms with E-state index in [4.69, 9.17) is 14.2 Å². The van der Waals surface area contributed by atoms with Gasteiger partial charge in [-0.15, -0.1) is 0 Å². The maximum atomic E-state index is 14.0. The van der Waals surface area contributed by atoms with E-state index < -0.39 is 35.8 Å². The van der Waals surface area contributed by atoms with Crippen LogP contribution in [0.15, 0.2) is 42.5 Å². The minimum Gasteiger partial charge on any atom is -0.505 e. The molecule has 0 bridgehead atoms. The molecule has 0 unspecified atom stereocenters. The molecule has 0 aliphatic carbocycles. The van der Waals surface area contributed by atoms with Crippen molar-refractivity contribution in [3.05, 3.63) is 59.4 Å². The molecule has 2 aromatic rings. The maximum Gasteiger partial charge on any atom is 0.412 e. The standard InChI is InChI=1S/C23H26FNO7S/c1-3-30-20(10-11-31-21(28)13-33)22(16-6-9-19(27)18(24)12-16)32-23(29)25-17-7-4-15(5-8-17)14(2)26/h4-9,12,20,22,27,33H,3,10-11,13H2,1-2H3,(H,25,29)/t20-,22-/m0/s1. The van der Waals surface area contributed by atoms with Crippen LogP contribution in [0.5, 0.6) is 5.75 Å². The van der Waals surface area contributed by atoms with Gasteiger partial charge < -0.3 is 19.3 Å². The van der Waals surface area contributed by atoms with Crippen molar-refractivity contribution < 1.29 is 38.1 Å². The summed E-state index contributed by atoms with van der Waals surface area (Å²) in [5, 5.41) is 12.1. The quantitative estimate of drug-likeness (QED) is 0.250. The number of ether oxygens (including phenoxy) is 3. The number of benzene rings is 2. The van der Waals surface area contributed by atoms with E-state index in [1.54, 1.807) is 31.2 Å². The molecule has 0 aliphatic rings. The van der Waals surface area contributed by atoms with Gasteiger partial charge in [0.1, 0.15) is 6.10 Å². The number of ketones is 1. The molecule has 0 aromatic heterocycles. The van der Waals surface area contributed by atoms with Crippen LogP contribution >= 0.6 is 12.6 Å². The summed E-state index contributed by atoms with van der Waals surface area (Å²) in [6.45, 7) is 3.38. The van der Waals surface area contributed by atoms with Crippen molar-refractivity contribution in [1.82, 2.24) is 0 Å². The predicted octanol–water partition coefficient (Wildman–Crippen LogP) is 4.29. The number of Topliss-reactive ketones (excluding diaryl/α,β-unsaturated/α-hetero) is 1. The molecule has 10 heteroatoms. The molecule has 33 heavy (non-hydrogen) atoms. The molecule has 8 nitrogen and oxygen atoms in total. The number of hydrogen-bond donors (Lipinski definition) is 3. The fraction of sp³-hybridized carbons (Fsp3) is 0.348. The molecule has 0 heterocycles. The van der Waals surface area contributed by atoms with Crippen LogP contribution in [-0.4, -0.2) is 48.0 Å². The molecular formula is C23H26FNO7S. The van der Waals surface area contributed by atoms with Gasteiger partial charge in [0.25, 0.3) is 0 Å². The molecule has 2 rings (SSSR count). The van der Waals surface area contributed by atoms with E-state index in [1.165, 1.54) is 13.0 Å². The summed E-state index contributed by atoms with van der Waals surface area (Å²) in [7, 11) is 0. The van der Waals surface area contributed by atoms with Crippen molar-refractivity contribution in [2.45, 2.75) is 32.5 Å². The summed E-state index contributed by atoms with van der Waals surface area (Å²) >= 11 is 3.84. The Balaban J connectivity index is 2.22. The number of phenols is 1. The Labute approximate surface area is 196 Å². The number of carbonyl (C=O) groups is 3. The molecule has 0 fully saturated rings. The molecular weight excluding hydrogens is 453 g/mol. The molecule has 2 atom stereocenters. The van der Waals surface area contributed by atoms with Crippen molar-refractivity contribution in [3.63, 3.8) is 0 Å². The average molecular weight is 480 g/mol. The van der Waals surface area contributed by atoms with Crippen molar-refractivity contribution in [3.8, 4) is 5.75 Å². The topological polar surface area (TPSA) is 111 Å². The molecule has 0 spiro atoms. The lowest BCUT2D eigenvalue weighted by Gasteiger charge is -2.27. The second-order valence-electron chi connectivity index (χ2n) is 6.96. The summed E-state index contributed by atoms with van der Waals surface area (Å²) < 4.78 is 30.3. The number of rotatable bonds is 11. The van der Waals surface area contributed by atoms with Crippen LogP contribution in [0.2, 0.25) is 0 Å². The third-order valence-corrected chi connectivity index (χ3v) is 4.84. The van der Waals surface area contributed by atoms with Crippen LogP contribution in [0.1, 0.15) is 42.3 Å². The molecule has 0 saturated heterocycles. The van der Waals surface area contributed by atoms with Crippen molar-refractivity contribution in [2.75, 3.05) is 24.3 Å². The lowest BCUT2D eigenvalue weighted by Crippen LogP contribution is -2.30. The largest absolute Gasteiger partial charge is 0.505 e. The van der Waals surface area contributed by atoms with Gasteiger partial charge in [-0.3, -0.25) is 14.9 Å². The Kier molecular flexibility index (Phi) is 10.1. The van der Waals surface area contributed by atoms with E-state index in [9.17, 15) is 23.9 Å². The minimum atomic E-state index is -1.08. The van der Waals surface area contributed by atoms with Crippen molar-refractivity contribution in [2.24, 2.45) is 0 Å². The van der Waals surface area contributed by atoms with E-state index in [2.05, 4.69) is 17.9 Å². The number of hydrogen-bond acceptors (Lipinski definition) is 8. The normalized spacial score (nSPS) is 12.5. The fourth-order valence-corrected chi connectivity index (χ4v) is 3.07. The Morgan fingerprint density at radius 2 is 1.85 bits per heavy atom. The molecule has 2 N–H and O–H groups in total. The molecule has 2 aromatic carbocycles. The smallest absolute Gasteiger partial charge is 0.412 e. The molecule has 1 amide bonds. The van der Waals surface area contributed by atoms with Gasteiger partial charge in [0.2, 0.25) is 0 Å². The molecule has 0 aliphatic heterocycles. The van der Waals surface area contributed by atoms with Gasteiger partial charge in [0, 0.05) is 24.3 Å². The van der Waals surface area contributed by atoms with Crippen LogP contribution in [0.25, 0.3) is 0 Å². The zero-order valence-corrected chi connectivity index (χ0v) is 19.1. The zero-order valence-electron chi connectivity index (χ0n) is 18.2. The van der Waals surface area contributed by atoms with Gasteiger partial charge in [-0.1, -0.05) is 6.07 Å². The van der Waals surface area contributed by atoms with E-state index in [0.29, 0.717) is 11.3 Å². The van der Waals surface area contributed by atoms with Gasteiger partial charge in [-0.25, -0.2) is 9.18 Å². The third-order valence-electron chi connectivity index (χ3n) is 4.59. The zero-order chi connectivity index (χ0) is 24.4. The number of carbonyl (C=O) groups excluding carboxylic acids is 3. The fourth-order valence-electron chi connectivity index (χ4n) is 2.98. The summed E-state index contributed by atoms with van der Waals surface area (Å²) in [5.74, 6) is -2.17. The van der Waals surface area contributed by atoms with E-state index in [0.717, 1.165) is 12.1 Å². The van der Waals surface area contributed by atoms with Crippen LogP contribution in [0, 0.1) is 5.82 Å². The van der Waals surface area contributed by atoms with Crippen molar-refractivity contribution >= 4 is 36.2 Å². The van der Waals surface area contributed by atoms with Gasteiger partial charge >= 0.3 is 12.1 Å². The highest BCUT2D eigenvalue weighted by Crippen LogP contribution is 2.29. The number of esters is 1. The average Bonchev–Trinajstić information content (AvgIpc) is 2.79. The summed E-state index contributed by atoms with van der Waals surface area (Å²) in [6.07, 6.45) is -2.55. The summed E-state index contributed by atoms with van der Waals surface area (Å²) in [4.78, 5) is 35.4. The highest BCUT2D eigenvalue weighted by Gasteiger charge is 2.29. The Bertz CT molecular complexity index is 968. The summed E-state index contributed by atoms with van der Waals surface area (Å²) in [6, 6.07) is 9.80. The first-order valence-corrected chi connectivity index (χ1v) is 10.8. The lowest BCUT2D eigenvalue weighted by molar-refractivity contribution is -0.142. The number of thiol groups is 1. The number of aromatic hydroxyl groups is 1. The predicted molar refractivity (Wildman–Crippen MR) is 122 cm³/mol. The van der Waals surface area contributed by atoms with Crippen molar-refractivity contribution in [1.29, 1.82) is 0 Å². The SMILES string of the molecule is CCO[C@@H](CCOC(=O)CS)[C@@H](OC(=O)Nc1ccc(C(C)=O)cc1)c1ccc(O)c(F)c1. The monoisotopic (exact) mass is 479 g/mol. The van der Waals surface area contributed by atoms with Crippen LogP contribution in [0.4, 0.5) is 14.9 Å². The summed E-state index contributed by atoms with van der Waals surface area (Å²) in [5.41, 5.74) is 1.11.